The molecule has 2 aromatic rings. The number of carbonyl (C=O) groups is 1. The first-order valence-corrected chi connectivity index (χ1v) is 7.45. The summed E-state index contributed by atoms with van der Waals surface area (Å²) in [6.07, 6.45) is 0. The molecule has 1 amide bonds. The zero-order chi connectivity index (χ0) is 14.7. The summed E-state index contributed by atoms with van der Waals surface area (Å²) in [4.78, 5) is 12.3. The number of rotatable bonds is 3. The summed E-state index contributed by atoms with van der Waals surface area (Å²) < 4.78 is 6.03. The maximum Gasteiger partial charge on any atom is 0.259 e. The molecule has 6 heteroatoms. The molecule has 3 nitrogen and oxygen atoms in total. The monoisotopic (exact) mass is 421 g/mol. The van der Waals surface area contributed by atoms with Crippen molar-refractivity contribution in [3.8, 4) is 5.75 Å². The lowest BCUT2D eigenvalue weighted by Gasteiger charge is -2.11. The molecule has 0 aliphatic heterocycles. The Bertz CT molecular complexity index is 662. The van der Waals surface area contributed by atoms with Crippen LogP contribution in [0.4, 0.5) is 5.69 Å². The Labute approximate surface area is 140 Å². The fourth-order valence-corrected chi connectivity index (χ4v) is 2.41. The van der Waals surface area contributed by atoms with Gasteiger partial charge in [0.25, 0.3) is 5.91 Å². The maximum absolute atomic E-state index is 12.3. The van der Waals surface area contributed by atoms with Crippen molar-refractivity contribution < 1.29 is 9.53 Å². The molecule has 0 aromatic heterocycles. The van der Waals surface area contributed by atoms with Crippen molar-refractivity contribution in [2.24, 2.45) is 0 Å². The van der Waals surface area contributed by atoms with Gasteiger partial charge in [0.1, 0.15) is 5.75 Å². The third-order valence-corrected chi connectivity index (χ3v) is 4.46. The average Bonchev–Trinajstić information content (AvgIpc) is 2.43. The number of hydrogen-bond acceptors (Lipinski definition) is 2. The number of ether oxygens (including phenoxy) is 1. The highest BCUT2D eigenvalue weighted by atomic mass is 127. The summed E-state index contributed by atoms with van der Waals surface area (Å²) in [6.45, 7) is 0. The van der Waals surface area contributed by atoms with Gasteiger partial charge in [0.15, 0.2) is 0 Å². The van der Waals surface area contributed by atoms with Gasteiger partial charge in [-0.05, 0) is 46.9 Å². The number of methoxy groups -OCH3 is 1. The Morgan fingerprint density at radius 1 is 1.20 bits per heavy atom. The summed E-state index contributed by atoms with van der Waals surface area (Å²) in [7, 11) is 1.51. The number of anilines is 1. The van der Waals surface area contributed by atoms with Gasteiger partial charge >= 0.3 is 0 Å². The van der Waals surface area contributed by atoms with E-state index in [9.17, 15) is 4.79 Å². The van der Waals surface area contributed by atoms with E-state index in [2.05, 4.69) is 27.9 Å². The van der Waals surface area contributed by atoms with E-state index < -0.39 is 0 Å². The number of benzene rings is 2. The van der Waals surface area contributed by atoms with Gasteiger partial charge in [0.05, 0.1) is 28.4 Å². The second kappa shape index (κ2) is 6.65. The molecule has 0 atom stereocenters. The van der Waals surface area contributed by atoms with Gasteiger partial charge in [-0.25, -0.2) is 0 Å². The Morgan fingerprint density at radius 2 is 1.90 bits per heavy atom. The van der Waals surface area contributed by atoms with Gasteiger partial charge in [0, 0.05) is 3.57 Å². The number of hydrogen-bond donors (Lipinski definition) is 1. The van der Waals surface area contributed by atoms with Gasteiger partial charge in [-0.3, -0.25) is 4.79 Å². The van der Waals surface area contributed by atoms with Crippen LogP contribution in [0.3, 0.4) is 0 Å². The normalized spacial score (nSPS) is 10.2. The fourth-order valence-electron chi connectivity index (χ4n) is 1.63. The lowest BCUT2D eigenvalue weighted by molar-refractivity contribution is 0.102. The molecule has 0 saturated heterocycles. The first-order chi connectivity index (χ1) is 9.52. The highest BCUT2D eigenvalue weighted by Crippen LogP contribution is 2.29. The molecule has 0 saturated carbocycles. The predicted octanol–water partition coefficient (Wildman–Crippen LogP) is 4.86. The van der Waals surface area contributed by atoms with E-state index in [1.807, 2.05) is 0 Å². The third-order valence-electron chi connectivity index (χ3n) is 2.61. The molecular weight excluding hydrogens is 412 g/mol. The molecule has 0 fully saturated rings. The first kappa shape index (κ1) is 15.4. The molecule has 0 radical (unpaired) electrons. The SMILES string of the molecule is COc1cc(I)c(Cl)cc1C(=O)Nc1ccccc1Cl. The molecule has 0 spiro atoms. The van der Waals surface area contributed by atoms with Crippen LogP contribution in [0.1, 0.15) is 10.4 Å². The largest absolute Gasteiger partial charge is 0.496 e. The van der Waals surface area contributed by atoms with Gasteiger partial charge < -0.3 is 10.1 Å². The molecule has 0 bridgehead atoms. The first-order valence-electron chi connectivity index (χ1n) is 5.62. The highest BCUT2D eigenvalue weighted by molar-refractivity contribution is 14.1. The quantitative estimate of drug-likeness (QED) is 0.718. The van der Waals surface area contributed by atoms with Gasteiger partial charge in [-0.2, -0.15) is 0 Å². The lowest BCUT2D eigenvalue weighted by atomic mass is 10.2. The maximum atomic E-state index is 12.3. The number of amides is 1. The Kier molecular flexibility index (Phi) is 5.12. The second-order valence-electron chi connectivity index (χ2n) is 3.90. The molecule has 0 aliphatic rings. The van der Waals surface area contributed by atoms with Crippen molar-refractivity contribution >= 4 is 57.4 Å². The second-order valence-corrected chi connectivity index (χ2v) is 5.88. The number of para-hydroxylation sites is 1. The molecule has 0 unspecified atom stereocenters. The molecule has 0 aliphatic carbocycles. The molecule has 0 heterocycles. The van der Waals surface area contributed by atoms with E-state index in [4.69, 9.17) is 27.9 Å². The summed E-state index contributed by atoms with van der Waals surface area (Å²) in [5.41, 5.74) is 0.897. The van der Waals surface area contributed by atoms with E-state index in [1.165, 1.54) is 7.11 Å². The minimum atomic E-state index is -0.326. The van der Waals surface area contributed by atoms with Crippen LogP contribution in [0.5, 0.6) is 5.75 Å². The van der Waals surface area contributed by atoms with Crippen molar-refractivity contribution in [3.05, 3.63) is 55.6 Å². The lowest BCUT2D eigenvalue weighted by Crippen LogP contribution is -2.13. The van der Waals surface area contributed by atoms with Crippen molar-refractivity contribution in [1.29, 1.82) is 0 Å². The molecule has 2 aromatic carbocycles. The number of carbonyl (C=O) groups excluding carboxylic acids is 1. The van der Waals surface area contributed by atoms with E-state index in [0.717, 1.165) is 3.57 Å². The Hall–Kier alpha value is -0.980. The van der Waals surface area contributed by atoms with Crippen molar-refractivity contribution in [3.63, 3.8) is 0 Å². The van der Waals surface area contributed by atoms with Crippen LogP contribution in [0.15, 0.2) is 36.4 Å². The van der Waals surface area contributed by atoms with Crippen LogP contribution < -0.4 is 10.1 Å². The third kappa shape index (κ3) is 3.37. The van der Waals surface area contributed by atoms with Crippen LogP contribution in [0.2, 0.25) is 10.0 Å². The standard InChI is InChI=1S/C14H10Cl2INO2/c1-20-13-7-11(17)10(16)6-8(13)14(19)18-12-5-3-2-4-9(12)15/h2-7H,1H3,(H,18,19). The van der Waals surface area contributed by atoms with Crippen LogP contribution >= 0.6 is 45.8 Å². The summed E-state index contributed by atoms with van der Waals surface area (Å²) >= 11 is 14.1. The van der Waals surface area contributed by atoms with Crippen LogP contribution in [0, 0.1) is 3.57 Å². The van der Waals surface area contributed by atoms with Crippen molar-refractivity contribution in [2.45, 2.75) is 0 Å². The van der Waals surface area contributed by atoms with Crippen LogP contribution in [-0.4, -0.2) is 13.0 Å². The van der Waals surface area contributed by atoms with Gasteiger partial charge in [-0.1, -0.05) is 35.3 Å². The van der Waals surface area contributed by atoms with Gasteiger partial charge in [0.2, 0.25) is 0 Å². The zero-order valence-electron chi connectivity index (χ0n) is 10.4. The predicted molar refractivity (Wildman–Crippen MR) is 90.1 cm³/mol. The smallest absolute Gasteiger partial charge is 0.259 e. The molecule has 1 N–H and O–H groups in total. The van der Waals surface area contributed by atoms with Crippen LogP contribution in [-0.2, 0) is 0 Å². The van der Waals surface area contributed by atoms with E-state index >= 15 is 0 Å². The molecular formula is C14H10Cl2INO2. The minimum absolute atomic E-state index is 0.326. The Morgan fingerprint density at radius 3 is 2.55 bits per heavy atom. The van der Waals surface area contributed by atoms with Crippen molar-refractivity contribution in [2.75, 3.05) is 12.4 Å². The molecule has 20 heavy (non-hydrogen) atoms. The summed E-state index contributed by atoms with van der Waals surface area (Å²) in [5, 5.41) is 3.70. The summed E-state index contributed by atoms with van der Waals surface area (Å²) in [6, 6.07) is 10.3. The molecule has 2 rings (SSSR count). The van der Waals surface area contributed by atoms with E-state index in [0.29, 0.717) is 27.0 Å². The summed E-state index contributed by atoms with van der Waals surface area (Å²) in [5.74, 6) is 0.136. The van der Waals surface area contributed by atoms with Crippen LogP contribution in [0.25, 0.3) is 0 Å². The Balaban J connectivity index is 2.34. The zero-order valence-corrected chi connectivity index (χ0v) is 14.1. The minimum Gasteiger partial charge on any atom is -0.496 e. The fraction of sp³-hybridized carbons (Fsp3) is 0.0714. The number of halogens is 3. The van der Waals surface area contributed by atoms with E-state index in [-0.39, 0.29) is 5.91 Å². The number of nitrogens with one attached hydrogen (secondary N) is 1. The highest BCUT2D eigenvalue weighted by Gasteiger charge is 2.16. The molecule has 104 valence electrons. The van der Waals surface area contributed by atoms with Gasteiger partial charge in [-0.15, -0.1) is 0 Å². The van der Waals surface area contributed by atoms with Crippen molar-refractivity contribution in [1.82, 2.24) is 0 Å². The van der Waals surface area contributed by atoms with E-state index in [1.54, 1.807) is 36.4 Å². The average molecular weight is 422 g/mol. The topological polar surface area (TPSA) is 38.3 Å².